The lowest BCUT2D eigenvalue weighted by Gasteiger charge is -2.21. The molecule has 1 aliphatic heterocycles. The van der Waals surface area contributed by atoms with Crippen LogP contribution in [0, 0.1) is 5.82 Å². The van der Waals surface area contributed by atoms with Crippen molar-refractivity contribution < 1.29 is 22.3 Å². The second kappa shape index (κ2) is 5.25. The van der Waals surface area contributed by atoms with Gasteiger partial charge in [-0.15, -0.1) is 0 Å². The van der Waals surface area contributed by atoms with E-state index in [-0.39, 0.29) is 24.3 Å². The number of nitrogens with zero attached hydrogens (tertiary/aromatic N) is 2. The van der Waals surface area contributed by atoms with Crippen LogP contribution in [-0.4, -0.2) is 17.3 Å². The van der Waals surface area contributed by atoms with E-state index in [0.29, 0.717) is 11.3 Å². The number of hydrogen-bond donors (Lipinski definition) is 1. The third-order valence-electron chi connectivity index (χ3n) is 3.71. The van der Waals surface area contributed by atoms with Gasteiger partial charge in [0.15, 0.2) is 0 Å². The highest BCUT2D eigenvalue weighted by Crippen LogP contribution is 2.39. The lowest BCUT2D eigenvalue weighted by molar-refractivity contribution is -0.138. The second-order valence-electron chi connectivity index (χ2n) is 5.02. The van der Waals surface area contributed by atoms with E-state index >= 15 is 0 Å². The van der Waals surface area contributed by atoms with Crippen molar-refractivity contribution in [1.29, 1.82) is 0 Å². The standard InChI is InChI=1S/C14H11F4N3O2/c1-23-11-3-2-9(15)7-5-21(6-8(7)11)10-4-19-20-13(22)12(10)14(16,17)18/h2-4H,5-6H2,1H3,(H,20,22). The average Bonchev–Trinajstić information content (AvgIpc) is 2.92. The topological polar surface area (TPSA) is 58.2 Å². The van der Waals surface area contributed by atoms with Crippen LogP contribution < -0.4 is 15.2 Å². The first-order chi connectivity index (χ1) is 10.8. The minimum atomic E-state index is -4.84. The van der Waals surface area contributed by atoms with Crippen molar-refractivity contribution in [2.75, 3.05) is 12.0 Å². The lowest BCUT2D eigenvalue weighted by Crippen LogP contribution is -2.28. The minimum absolute atomic E-state index is 0.00944. The van der Waals surface area contributed by atoms with Crippen LogP contribution in [0.1, 0.15) is 16.7 Å². The van der Waals surface area contributed by atoms with Gasteiger partial charge in [-0.2, -0.15) is 18.3 Å². The number of ether oxygens (including phenoxy) is 1. The number of rotatable bonds is 2. The van der Waals surface area contributed by atoms with E-state index in [4.69, 9.17) is 4.74 Å². The van der Waals surface area contributed by atoms with Crippen LogP contribution in [0.15, 0.2) is 23.1 Å². The van der Waals surface area contributed by atoms with Crippen LogP contribution in [0.5, 0.6) is 5.75 Å². The summed E-state index contributed by atoms with van der Waals surface area (Å²) in [6.45, 7) is -0.114. The van der Waals surface area contributed by atoms with E-state index < -0.39 is 23.1 Å². The lowest BCUT2D eigenvalue weighted by atomic mass is 10.1. The van der Waals surface area contributed by atoms with Gasteiger partial charge < -0.3 is 9.64 Å². The van der Waals surface area contributed by atoms with E-state index in [1.807, 2.05) is 0 Å². The van der Waals surface area contributed by atoms with Crippen molar-refractivity contribution in [3.63, 3.8) is 0 Å². The molecule has 2 aromatic rings. The van der Waals surface area contributed by atoms with Gasteiger partial charge in [0.25, 0.3) is 5.56 Å². The van der Waals surface area contributed by atoms with Gasteiger partial charge >= 0.3 is 6.18 Å². The summed E-state index contributed by atoms with van der Waals surface area (Å²) < 4.78 is 58.5. The van der Waals surface area contributed by atoms with Gasteiger partial charge in [-0.05, 0) is 12.1 Å². The van der Waals surface area contributed by atoms with Crippen molar-refractivity contribution in [2.24, 2.45) is 0 Å². The molecule has 0 unspecified atom stereocenters. The van der Waals surface area contributed by atoms with Gasteiger partial charge in [0.05, 0.1) is 19.0 Å². The van der Waals surface area contributed by atoms with Gasteiger partial charge in [0.2, 0.25) is 0 Å². The fourth-order valence-corrected chi connectivity index (χ4v) is 2.69. The van der Waals surface area contributed by atoms with E-state index in [2.05, 4.69) is 5.10 Å². The van der Waals surface area contributed by atoms with Crippen molar-refractivity contribution in [1.82, 2.24) is 10.2 Å². The van der Waals surface area contributed by atoms with E-state index in [0.717, 1.165) is 6.20 Å². The number of alkyl halides is 3. The Labute approximate surface area is 127 Å². The predicted octanol–water partition coefficient (Wildman–Crippen LogP) is 2.46. The number of H-pyrrole nitrogens is 1. The number of aromatic amines is 1. The molecule has 0 bridgehead atoms. The summed E-state index contributed by atoms with van der Waals surface area (Å²) in [7, 11) is 1.39. The minimum Gasteiger partial charge on any atom is -0.496 e. The SMILES string of the molecule is COc1ccc(F)c2c1CN(c1cn[nH]c(=O)c1C(F)(F)F)C2. The van der Waals surface area contributed by atoms with Crippen molar-refractivity contribution in [2.45, 2.75) is 19.3 Å². The highest BCUT2D eigenvalue weighted by Gasteiger charge is 2.40. The predicted molar refractivity (Wildman–Crippen MR) is 72.7 cm³/mol. The van der Waals surface area contributed by atoms with Crippen molar-refractivity contribution in [3.8, 4) is 5.75 Å². The maximum atomic E-state index is 13.9. The molecule has 1 aromatic carbocycles. The summed E-state index contributed by atoms with van der Waals surface area (Å²) in [5.74, 6) is -0.148. The summed E-state index contributed by atoms with van der Waals surface area (Å²) in [6, 6.07) is 2.61. The van der Waals surface area contributed by atoms with E-state index in [9.17, 15) is 22.4 Å². The van der Waals surface area contributed by atoms with Gasteiger partial charge in [0.1, 0.15) is 17.1 Å². The Morgan fingerprint density at radius 3 is 2.61 bits per heavy atom. The number of methoxy groups -OCH3 is 1. The fraction of sp³-hybridized carbons (Fsp3) is 0.286. The molecule has 0 spiro atoms. The number of nitrogens with one attached hydrogen (secondary N) is 1. The first-order valence-electron chi connectivity index (χ1n) is 6.57. The molecule has 0 aliphatic carbocycles. The molecule has 0 radical (unpaired) electrons. The fourth-order valence-electron chi connectivity index (χ4n) is 2.69. The molecule has 9 heteroatoms. The maximum absolute atomic E-state index is 13.9. The maximum Gasteiger partial charge on any atom is 0.423 e. The molecule has 2 heterocycles. The zero-order chi connectivity index (χ0) is 16.8. The number of anilines is 1. The van der Waals surface area contributed by atoms with Gasteiger partial charge in [0, 0.05) is 24.2 Å². The average molecular weight is 329 g/mol. The van der Waals surface area contributed by atoms with Crippen LogP contribution in [0.3, 0.4) is 0 Å². The molecule has 3 rings (SSSR count). The Kier molecular flexibility index (Phi) is 3.50. The van der Waals surface area contributed by atoms with E-state index in [1.54, 1.807) is 5.10 Å². The number of benzene rings is 1. The van der Waals surface area contributed by atoms with Gasteiger partial charge in [-0.3, -0.25) is 4.79 Å². The molecule has 1 N–H and O–H groups in total. The Bertz CT molecular complexity index is 817. The summed E-state index contributed by atoms with van der Waals surface area (Å²) in [5.41, 5.74) is -2.37. The zero-order valence-corrected chi connectivity index (χ0v) is 11.9. The summed E-state index contributed by atoms with van der Waals surface area (Å²) in [4.78, 5) is 12.8. The molecule has 0 amide bonds. The highest BCUT2D eigenvalue weighted by molar-refractivity contribution is 5.58. The zero-order valence-electron chi connectivity index (χ0n) is 11.9. The summed E-state index contributed by atoms with van der Waals surface area (Å²) in [5, 5.41) is 5.20. The van der Waals surface area contributed by atoms with Crippen LogP contribution in [0.4, 0.5) is 23.2 Å². The van der Waals surface area contributed by atoms with Crippen LogP contribution in [0.2, 0.25) is 0 Å². The molecule has 0 saturated heterocycles. The third kappa shape index (κ3) is 2.51. The molecule has 0 saturated carbocycles. The Balaban J connectivity index is 2.09. The molecule has 0 fully saturated rings. The normalized spacial score (nSPS) is 14.0. The van der Waals surface area contributed by atoms with Crippen LogP contribution in [-0.2, 0) is 19.3 Å². The Morgan fingerprint density at radius 2 is 1.96 bits per heavy atom. The van der Waals surface area contributed by atoms with Crippen LogP contribution in [0.25, 0.3) is 0 Å². The van der Waals surface area contributed by atoms with Crippen LogP contribution >= 0.6 is 0 Å². The van der Waals surface area contributed by atoms with Gasteiger partial charge in [-0.1, -0.05) is 0 Å². The molecule has 0 atom stereocenters. The quantitative estimate of drug-likeness (QED) is 0.860. The third-order valence-corrected chi connectivity index (χ3v) is 3.71. The van der Waals surface area contributed by atoms with E-state index in [1.165, 1.54) is 24.1 Å². The number of hydrogen-bond acceptors (Lipinski definition) is 4. The van der Waals surface area contributed by atoms with Crippen molar-refractivity contribution >= 4 is 5.69 Å². The monoisotopic (exact) mass is 329 g/mol. The van der Waals surface area contributed by atoms with Crippen molar-refractivity contribution in [3.05, 3.63) is 51.2 Å². The first-order valence-corrected chi connectivity index (χ1v) is 6.57. The summed E-state index contributed by atoms with van der Waals surface area (Å²) >= 11 is 0. The number of aromatic nitrogens is 2. The molecule has 1 aliphatic rings. The molecular formula is C14H11F4N3O2. The Morgan fingerprint density at radius 1 is 1.26 bits per heavy atom. The number of fused-ring (bicyclic) bond motifs is 1. The Hall–Kier alpha value is -2.58. The smallest absolute Gasteiger partial charge is 0.423 e. The molecule has 1 aromatic heterocycles. The number of halogens is 4. The first kappa shape index (κ1) is 15.3. The molecule has 5 nitrogen and oxygen atoms in total. The second-order valence-corrected chi connectivity index (χ2v) is 5.02. The molecule has 122 valence electrons. The molecular weight excluding hydrogens is 318 g/mol. The molecule has 23 heavy (non-hydrogen) atoms. The largest absolute Gasteiger partial charge is 0.496 e. The highest BCUT2D eigenvalue weighted by atomic mass is 19.4. The summed E-state index contributed by atoms with van der Waals surface area (Å²) in [6.07, 6.45) is -3.93. The van der Waals surface area contributed by atoms with Gasteiger partial charge in [-0.25, -0.2) is 9.49 Å².